The van der Waals surface area contributed by atoms with Crippen molar-refractivity contribution < 1.29 is 32.4 Å². The summed E-state index contributed by atoms with van der Waals surface area (Å²) in [6, 6.07) is 9.87. The van der Waals surface area contributed by atoms with E-state index in [1.54, 1.807) is 0 Å². The molecule has 3 aromatic rings. The lowest BCUT2D eigenvalue weighted by atomic mass is 10.1. The summed E-state index contributed by atoms with van der Waals surface area (Å²) >= 11 is 0. The largest absolute Gasteiger partial charge is 0.434 e. The van der Waals surface area contributed by atoms with Gasteiger partial charge in [0.1, 0.15) is 5.56 Å². The third-order valence-corrected chi connectivity index (χ3v) is 4.05. The lowest BCUT2D eigenvalue weighted by molar-refractivity contribution is -0.143. The van der Waals surface area contributed by atoms with Gasteiger partial charge in [0.05, 0.1) is 17.3 Å². The van der Waals surface area contributed by atoms with Crippen molar-refractivity contribution in [2.75, 3.05) is 0 Å². The molecule has 0 unspecified atom stereocenters. The first kappa shape index (κ1) is 18.3. The number of benzene rings is 1. The van der Waals surface area contributed by atoms with Gasteiger partial charge in [0.15, 0.2) is 11.5 Å². The standard InChI is InChI=1S/C18H9F3N4O4/c19-18(20,21)14-12(9-23-24(14)13-7-3-4-8-22-13)17(28)29-25-15(26)10-5-1-2-6-11(10)16(25)27/h1-9H. The summed E-state index contributed by atoms with van der Waals surface area (Å²) in [6.45, 7) is 0. The van der Waals surface area contributed by atoms with Crippen LogP contribution in [-0.4, -0.2) is 37.6 Å². The minimum absolute atomic E-state index is 0.0227. The third kappa shape index (κ3) is 3.02. The summed E-state index contributed by atoms with van der Waals surface area (Å²) in [6.07, 6.45) is -3.10. The van der Waals surface area contributed by atoms with Gasteiger partial charge in [-0.2, -0.15) is 18.3 Å². The highest BCUT2D eigenvalue weighted by Gasteiger charge is 2.44. The average molecular weight is 402 g/mol. The number of carbonyl (C=O) groups excluding carboxylic acids is 3. The molecule has 3 heterocycles. The van der Waals surface area contributed by atoms with Gasteiger partial charge < -0.3 is 4.84 Å². The number of hydrogen-bond acceptors (Lipinski definition) is 6. The van der Waals surface area contributed by atoms with Gasteiger partial charge in [0.25, 0.3) is 11.8 Å². The van der Waals surface area contributed by atoms with Crippen molar-refractivity contribution in [3.8, 4) is 5.82 Å². The Hall–Kier alpha value is -4.02. The molecular weight excluding hydrogens is 393 g/mol. The van der Waals surface area contributed by atoms with Gasteiger partial charge in [0.2, 0.25) is 0 Å². The van der Waals surface area contributed by atoms with E-state index in [0.29, 0.717) is 10.9 Å². The number of rotatable bonds is 3. The summed E-state index contributed by atoms with van der Waals surface area (Å²) in [5.41, 5.74) is -2.46. The molecule has 0 N–H and O–H groups in total. The second-order valence-corrected chi connectivity index (χ2v) is 5.83. The fourth-order valence-electron chi connectivity index (χ4n) is 2.81. The van der Waals surface area contributed by atoms with E-state index in [1.807, 2.05) is 0 Å². The van der Waals surface area contributed by atoms with Gasteiger partial charge in [-0.25, -0.2) is 14.5 Å². The van der Waals surface area contributed by atoms with Crippen LogP contribution in [0.5, 0.6) is 0 Å². The summed E-state index contributed by atoms with van der Waals surface area (Å²) < 4.78 is 41.3. The van der Waals surface area contributed by atoms with Crippen LogP contribution in [0, 0.1) is 0 Å². The monoisotopic (exact) mass is 402 g/mol. The molecule has 11 heteroatoms. The number of halogens is 3. The van der Waals surface area contributed by atoms with Gasteiger partial charge in [0, 0.05) is 6.20 Å². The van der Waals surface area contributed by atoms with Crippen LogP contribution in [-0.2, 0) is 11.0 Å². The molecule has 0 saturated carbocycles. The summed E-state index contributed by atoms with van der Waals surface area (Å²) in [5, 5.41) is 3.70. The molecule has 146 valence electrons. The number of pyridine rings is 1. The van der Waals surface area contributed by atoms with E-state index in [4.69, 9.17) is 4.84 Å². The molecule has 1 aliphatic heterocycles. The molecule has 1 aromatic carbocycles. The SMILES string of the molecule is O=C(ON1C(=O)c2ccccc2C1=O)c1cnn(-c2ccccn2)c1C(F)(F)F. The summed E-state index contributed by atoms with van der Waals surface area (Å²) in [7, 11) is 0. The number of alkyl halides is 3. The highest BCUT2D eigenvalue weighted by atomic mass is 19.4. The molecular formula is C18H9F3N4O4. The molecule has 0 bridgehead atoms. The number of hydrogen-bond donors (Lipinski definition) is 0. The normalized spacial score (nSPS) is 13.6. The van der Waals surface area contributed by atoms with Crippen molar-refractivity contribution in [3.63, 3.8) is 0 Å². The van der Waals surface area contributed by atoms with E-state index in [9.17, 15) is 27.6 Å². The second kappa shape index (κ2) is 6.55. The Morgan fingerprint density at radius 3 is 2.14 bits per heavy atom. The molecule has 0 spiro atoms. The van der Waals surface area contributed by atoms with Crippen LogP contribution in [0.2, 0.25) is 0 Å². The molecule has 0 aliphatic carbocycles. The van der Waals surface area contributed by atoms with Crippen molar-refractivity contribution in [2.45, 2.75) is 6.18 Å². The van der Waals surface area contributed by atoms with Gasteiger partial charge in [-0.1, -0.05) is 23.3 Å². The first-order chi connectivity index (χ1) is 13.8. The zero-order valence-electron chi connectivity index (χ0n) is 14.3. The van der Waals surface area contributed by atoms with E-state index in [1.165, 1.54) is 48.7 Å². The minimum Gasteiger partial charge on any atom is -0.324 e. The quantitative estimate of drug-likeness (QED) is 0.626. The highest BCUT2D eigenvalue weighted by molar-refractivity contribution is 6.21. The second-order valence-electron chi connectivity index (χ2n) is 5.83. The van der Waals surface area contributed by atoms with Crippen LogP contribution in [0.3, 0.4) is 0 Å². The maximum Gasteiger partial charge on any atom is 0.434 e. The molecule has 0 saturated heterocycles. The van der Waals surface area contributed by atoms with Crippen molar-refractivity contribution in [2.24, 2.45) is 0 Å². The number of fused-ring (bicyclic) bond motifs is 1. The highest BCUT2D eigenvalue weighted by Crippen LogP contribution is 2.34. The van der Waals surface area contributed by atoms with Crippen LogP contribution in [0.25, 0.3) is 5.82 Å². The lowest BCUT2D eigenvalue weighted by Crippen LogP contribution is -2.33. The zero-order chi connectivity index (χ0) is 20.8. The molecule has 2 amide bonds. The smallest absolute Gasteiger partial charge is 0.324 e. The first-order valence-corrected chi connectivity index (χ1v) is 8.06. The molecule has 1 aliphatic rings. The van der Waals surface area contributed by atoms with E-state index in [2.05, 4.69) is 10.1 Å². The predicted octanol–water partition coefficient (Wildman–Crippen LogP) is 2.65. The molecule has 8 nitrogen and oxygen atoms in total. The number of imide groups is 1. The first-order valence-electron chi connectivity index (χ1n) is 8.06. The summed E-state index contributed by atoms with van der Waals surface area (Å²) in [4.78, 5) is 45.4. The number of nitrogens with zero attached hydrogens (tertiary/aromatic N) is 4. The Balaban J connectivity index is 1.69. The maximum atomic E-state index is 13.6. The van der Waals surface area contributed by atoms with E-state index in [0.717, 1.165) is 0 Å². The van der Waals surface area contributed by atoms with Crippen LogP contribution >= 0.6 is 0 Å². The van der Waals surface area contributed by atoms with E-state index < -0.39 is 35.2 Å². The molecule has 0 atom stereocenters. The Labute approximate surface area is 160 Å². The molecule has 0 radical (unpaired) electrons. The lowest BCUT2D eigenvalue weighted by Gasteiger charge is -2.14. The molecule has 4 rings (SSSR count). The fraction of sp³-hybridized carbons (Fsp3) is 0.0556. The Morgan fingerprint density at radius 2 is 1.59 bits per heavy atom. The maximum absolute atomic E-state index is 13.6. The van der Waals surface area contributed by atoms with Crippen molar-refractivity contribution in [1.29, 1.82) is 0 Å². The van der Waals surface area contributed by atoms with E-state index >= 15 is 0 Å². The number of amides is 2. The predicted molar refractivity (Wildman–Crippen MR) is 88.7 cm³/mol. The Morgan fingerprint density at radius 1 is 0.966 bits per heavy atom. The van der Waals surface area contributed by atoms with Gasteiger partial charge >= 0.3 is 12.1 Å². The van der Waals surface area contributed by atoms with Crippen LogP contribution in [0.15, 0.2) is 54.9 Å². The Kier molecular flexibility index (Phi) is 4.14. The van der Waals surface area contributed by atoms with Crippen molar-refractivity contribution >= 4 is 17.8 Å². The molecule has 29 heavy (non-hydrogen) atoms. The number of hydroxylamine groups is 2. The number of aromatic nitrogens is 3. The van der Waals surface area contributed by atoms with Crippen LogP contribution in [0.1, 0.15) is 36.8 Å². The van der Waals surface area contributed by atoms with Crippen molar-refractivity contribution in [3.05, 3.63) is 77.2 Å². The zero-order valence-corrected chi connectivity index (χ0v) is 14.3. The van der Waals surface area contributed by atoms with Gasteiger partial charge in [-0.3, -0.25) is 9.59 Å². The topological polar surface area (TPSA) is 94.4 Å². The number of carbonyl (C=O) groups is 3. The Bertz CT molecular complexity index is 1110. The van der Waals surface area contributed by atoms with Crippen LogP contribution < -0.4 is 0 Å². The molecule has 2 aromatic heterocycles. The fourth-order valence-corrected chi connectivity index (χ4v) is 2.81. The van der Waals surface area contributed by atoms with Crippen molar-refractivity contribution in [1.82, 2.24) is 19.8 Å². The van der Waals surface area contributed by atoms with Crippen LogP contribution in [0.4, 0.5) is 13.2 Å². The molecule has 0 fully saturated rings. The van der Waals surface area contributed by atoms with Gasteiger partial charge in [-0.05, 0) is 24.3 Å². The average Bonchev–Trinajstić information content (AvgIpc) is 3.25. The minimum atomic E-state index is -5.00. The summed E-state index contributed by atoms with van der Waals surface area (Å²) in [5.74, 6) is -3.65. The van der Waals surface area contributed by atoms with E-state index in [-0.39, 0.29) is 22.0 Å². The third-order valence-electron chi connectivity index (χ3n) is 4.05. The van der Waals surface area contributed by atoms with Gasteiger partial charge in [-0.15, -0.1) is 0 Å².